The zero-order valence-electron chi connectivity index (χ0n) is 13.2. The summed E-state index contributed by atoms with van der Waals surface area (Å²) in [5, 5.41) is 3.28. The SMILES string of the molecule is COc1ccccc1N1CCC(C(=O)Nc2cccc(Cl)c2)C1=O. The molecule has 24 heavy (non-hydrogen) atoms. The maximum atomic E-state index is 12.7. The molecule has 1 N–H and O–H groups in total. The van der Waals surface area contributed by atoms with Crippen LogP contribution in [0.4, 0.5) is 11.4 Å². The zero-order valence-corrected chi connectivity index (χ0v) is 13.9. The van der Waals surface area contributed by atoms with Crippen LogP contribution in [0.3, 0.4) is 0 Å². The number of nitrogens with zero attached hydrogens (tertiary/aromatic N) is 1. The lowest BCUT2D eigenvalue weighted by Gasteiger charge is -2.19. The molecule has 2 amide bonds. The Kier molecular flexibility index (Phi) is 4.71. The van der Waals surface area contributed by atoms with Crippen LogP contribution >= 0.6 is 11.6 Å². The smallest absolute Gasteiger partial charge is 0.239 e. The molecule has 124 valence electrons. The largest absolute Gasteiger partial charge is 0.495 e. The Hall–Kier alpha value is -2.53. The monoisotopic (exact) mass is 344 g/mol. The van der Waals surface area contributed by atoms with Crippen LogP contribution in [0, 0.1) is 5.92 Å². The van der Waals surface area contributed by atoms with Crippen molar-refractivity contribution in [3.8, 4) is 5.75 Å². The summed E-state index contributed by atoms with van der Waals surface area (Å²) in [7, 11) is 1.56. The fourth-order valence-corrected chi connectivity index (χ4v) is 3.00. The van der Waals surface area contributed by atoms with Gasteiger partial charge in [0.1, 0.15) is 11.7 Å². The fourth-order valence-electron chi connectivity index (χ4n) is 2.81. The van der Waals surface area contributed by atoms with Crippen molar-refractivity contribution >= 4 is 34.8 Å². The van der Waals surface area contributed by atoms with Crippen LogP contribution < -0.4 is 15.0 Å². The molecule has 1 fully saturated rings. The Morgan fingerprint density at radius 3 is 2.79 bits per heavy atom. The highest BCUT2D eigenvalue weighted by molar-refractivity contribution is 6.31. The zero-order chi connectivity index (χ0) is 17.1. The number of rotatable bonds is 4. The first-order valence-electron chi connectivity index (χ1n) is 7.61. The number of hydrogen-bond donors (Lipinski definition) is 1. The van der Waals surface area contributed by atoms with E-state index in [9.17, 15) is 9.59 Å². The van der Waals surface area contributed by atoms with Crippen molar-refractivity contribution in [2.75, 3.05) is 23.9 Å². The molecule has 1 heterocycles. The van der Waals surface area contributed by atoms with Gasteiger partial charge in [0.15, 0.2) is 0 Å². The molecule has 0 bridgehead atoms. The molecule has 0 saturated carbocycles. The summed E-state index contributed by atoms with van der Waals surface area (Å²) >= 11 is 5.91. The van der Waals surface area contributed by atoms with Crippen molar-refractivity contribution in [2.24, 2.45) is 5.92 Å². The second kappa shape index (κ2) is 6.93. The molecular formula is C18H17ClN2O3. The molecule has 3 rings (SSSR count). The molecule has 1 unspecified atom stereocenters. The molecule has 0 radical (unpaired) electrons. The summed E-state index contributed by atoms with van der Waals surface area (Å²) < 4.78 is 5.30. The Labute approximate surface area is 145 Å². The number of ether oxygens (including phenoxy) is 1. The van der Waals surface area contributed by atoms with Gasteiger partial charge in [0.2, 0.25) is 11.8 Å². The molecule has 0 spiro atoms. The summed E-state index contributed by atoms with van der Waals surface area (Å²) in [6, 6.07) is 14.1. The predicted molar refractivity (Wildman–Crippen MR) is 93.5 cm³/mol. The van der Waals surface area contributed by atoms with E-state index in [0.29, 0.717) is 35.1 Å². The lowest BCUT2D eigenvalue weighted by atomic mass is 10.1. The molecule has 0 aliphatic carbocycles. The van der Waals surface area contributed by atoms with E-state index in [2.05, 4.69) is 5.32 Å². The van der Waals surface area contributed by atoms with Crippen LogP contribution in [0.2, 0.25) is 5.02 Å². The standard InChI is InChI=1S/C18H17ClN2O3/c1-24-16-8-3-2-7-15(16)21-10-9-14(18(21)23)17(22)20-13-6-4-5-12(19)11-13/h2-8,11,14H,9-10H2,1H3,(H,20,22). The highest BCUT2D eigenvalue weighted by Gasteiger charge is 2.38. The van der Waals surface area contributed by atoms with Crippen molar-refractivity contribution in [1.82, 2.24) is 0 Å². The van der Waals surface area contributed by atoms with Gasteiger partial charge in [-0.1, -0.05) is 29.8 Å². The molecule has 6 heteroatoms. The van der Waals surface area contributed by atoms with Gasteiger partial charge >= 0.3 is 0 Å². The summed E-state index contributed by atoms with van der Waals surface area (Å²) in [4.78, 5) is 26.7. The van der Waals surface area contributed by atoms with Crippen LogP contribution in [0.1, 0.15) is 6.42 Å². The van der Waals surface area contributed by atoms with Gasteiger partial charge in [0, 0.05) is 17.3 Å². The molecule has 2 aromatic rings. The van der Waals surface area contributed by atoms with Gasteiger partial charge in [-0.25, -0.2) is 0 Å². The molecule has 1 aliphatic rings. The van der Waals surface area contributed by atoms with Crippen molar-refractivity contribution in [2.45, 2.75) is 6.42 Å². The summed E-state index contributed by atoms with van der Waals surface area (Å²) in [5.74, 6) is -0.644. The van der Waals surface area contributed by atoms with E-state index in [4.69, 9.17) is 16.3 Å². The predicted octanol–water partition coefficient (Wildman–Crippen LogP) is 3.34. The quantitative estimate of drug-likeness (QED) is 0.865. The van der Waals surface area contributed by atoms with Crippen LogP contribution in [0.5, 0.6) is 5.75 Å². The number of nitrogens with one attached hydrogen (secondary N) is 1. The van der Waals surface area contributed by atoms with Crippen molar-refractivity contribution in [3.63, 3.8) is 0 Å². The van der Waals surface area contributed by atoms with E-state index in [0.717, 1.165) is 0 Å². The molecule has 1 aliphatic heterocycles. The second-order valence-corrected chi connectivity index (χ2v) is 5.94. The maximum absolute atomic E-state index is 12.7. The van der Waals surface area contributed by atoms with Gasteiger partial charge < -0.3 is 15.0 Å². The Balaban J connectivity index is 1.75. The first kappa shape index (κ1) is 16.3. The van der Waals surface area contributed by atoms with Crippen molar-refractivity contribution in [1.29, 1.82) is 0 Å². The molecule has 1 atom stereocenters. The van der Waals surface area contributed by atoms with Gasteiger partial charge in [0.25, 0.3) is 0 Å². The average molecular weight is 345 g/mol. The maximum Gasteiger partial charge on any atom is 0.239 e. The lowest BCUT2D eigenvalue weighted by Crippen LogP contribution is -2.33. The highest BCUT2D eigenvalue weighted by atomic mass is 35.5. The van der Waals surface area contributed by atoms with Crippen LogP contribution in [0.25, 0.3) is 0 Å². The minimum absolute atomic E-state index is 0.223. The van der Waals surface area contributed by atoms with E-state index in [1.54, 1.807) is 42.3 Å². The van der Waals surface area contributed by atoms with E-state index < -0.39 is 5.92 Å². The molecule has 2 aromatic carbocycles. The number of methoxy groups -OCH3 is 1. The minimum Gasteiger partial charge on any atom is -0.495 e. The fraction of sp³-hybridized carbons (Fsp3) is 0.222. The number of carbonyl (C=O) groups excluding carboxylic acids is 2. The second-order valence-electron chi connectivity index (χ2n) is 5.50. The summed E-state index contributed by atoms with van der Waals surface area (Å²) in [6.45, 7) is 0.479. The lowest BCUT2D eigenvalue weighted by molar-refractivity contribution is -0.129. The third-order valence-electron chi connectivity index (χ3n) is 3.99. The van der Waals surface area contributed by atoms with Crippen LogP contribution in [-0.4, -0.2) is 25.5 Å². The Bertz CT molecular complexity index is 778. The van der Waals surface area contributed by atoms with E-state index >= 15 is 0 Å². The molecule has 0 aromatic heterocycles. The van der Waals surface area contributed by atoms with Crippen molar-refractivity contribution in [3.05, 3.63) is 53.6 Å². The first-order chi connectivity index (χ1) is 11.6. The van der Waals surface area contributed by atoms with E-state index in [-0.39, 0.29) is 11.8 Å². The third-order valence-corrected chi connectivity index (χ3v) is 4.23. The van der Waals surface area contributed by atoms with Gasteiger partial charge in [0.05, 0.1) is 12.8 Å². The number of para-hydroxylation sites is 2. The highest BCUT2D eigenvalue weighted by Crippen LogP contribution is 2.33. The van der Waals surface area contributed by atoms with Gasteiger partial charge in [-0.05, 0) is 36.8 Å². The molecule has 1 saturated heterocycles. The Morgan fingerprint density at radius 1 is 1.25 bits per heavy atom. The van der Waals surface area contributed by atoms with Gasteiger partial charge in [-0.15, -0.1) is 0 Å². The van der Waals surface area contributed by atoms with E-state index in [1.165, 1.54) is 0 Å². The molecular weight excluding hydrogens is 328 g/mol. The topological polar surface area (TPSA) is 58.6 Å². The Morgan fingerprint density at radius 2 is 2.04 bits per heavy atom. The number of carbonyl (C=O) groups is 2. The third kappa shape index (κ3) is 3.21. The summed E-state index contributed by atoms with van der Waals surface area (Å²) in [6.07, 6.45) is 0.462. The van der Waals surface area contributed by atoms with Gasteiger partial charge in [-0.3, -0.25) is 9.59 Å². The van der Waals surface area contributed by atoms with E-state index in [1.807, 2.05) is 18.2 Å². The normalized spacial score (nSPS) is 17.0. The average Bonchev–Trinajstić information content (AvgIpc) is 2.96. The van der Waals surface area contributed by atoms with Crippen molar-refractivity contribution < 1.29 is 14.3 Å². The number of hydrogen-bond acceptors (Lipinski definition) is 3. The van der Waals surface area contributed by atoms with Crippen LogP contribution in [0.15, 0.2) is 48.5 Å². The van der Waals surface area contributed by atoms with Crippen LogP contribution in [-0.2, 0) is 9.59 Å². The number of anilines is 2. The number of halogens is 1. The minimum atomic E-state index is -0.714. The number of amides is 2. The molecule has 5 nitrogen and oxygen atoms in total. The first-order valence-corrected chi connectivity index (χ1v) is 7.99. The van der Waals surface area contributed by atoms with Gasteiger partial charge in [-0.2, -0.15) is 0 Å². The number of benzene rings is 2. The summed E-state index contributed by atoms with van der Waals surface area (Å²) in [5.41, 5.74) is 1.26.